The van der Waals surface area contributed by atoms with Crippen LogP contribution in [0.15, 0.2) is 27.6 Å². The molecule has 3 aromatic rings. The molecule has 1 amide bonds. The summed E-state index contributed by atoms with van der Waals surface area (Å²) in [7, 11) is 2.12. The second-order valence-electron chi connectivity index (χ2n) is 7.67. The Morgan fingerprint density at radius 1 is 1.28 bits per heavy atom. The van der Waals surface area contributed by atoms with Crippen LogP contribution in [0.1, 0.15) is 25.7 Å². The summed E-state index contributed by atoms with van der Waals surface area (Å²) >= 11 is 0. The minimum atomic E-state index is -0.688. The van der Waals surface area contributed by atoms with Crippen LogP contribution in [0.2, 0.25) is 0 Å². The van der Waals surface area contributed by atoms with Gasteiger partial charge in [-0.15, -0.1) is 0 Å². The molecule has 1 aliphatic rings. The van der Waals surface area contributed by atoms with Crippen LogP contribution in [0.4, 0.5) is 0 Å². The van der Waals surface area contributed by atoms with E-state index in [-0.39, 0.29) is 11.5 Å². The van der Waals surface area contributed by atoms with Crippen LogP contribution < -0.4 is 10.9 Å². The minimum absolute atomic E-state index is 0.199. The van der Waals surface area contributed by atoms with E-state index < -0.39 is 6.04 Å². The Kier molecular flexibility index (Phi) is 5.42. The minimum Gasteiger partial charge on any atom is -0.463 e. The topological polar surface area (TPSA) is 88.0 Å². The first kappa shape index (κ1) is 19.7. The van der Waals surface area contributed by atoms with Crippen molar-refractivity contribution < 1.29 is 9.21 Å². The number of amides is 1. The molecule has 0 bridgehead atoms. The van der Waals surface area contributed by atoms with Gasteiger partial charge in [0.1, 0.15) is 17.4 Å². The van der Waals surface area contributed by atoms with Crippen molar-refractivity contribution in [3.8, 4) is 0 Å². The largest absolute Gasteiger partial charge is 0.463 e. The van der Waals surface area contributed by atoms with Gasteiger partial charge in [0.05, 0.1) is 11.8 Å². The Hall–Kier alpha value is -2.65. The summed E-state index contributed by atoms with van der Waals surface area (Å²) in [6.45, 7) is 9.16. The third kappa shape index (κ3) is 3.67. The van der Waals surface area contributed by atoms with Gasteiger partial charge in [-0.2, -0.15) is 5.10 Å². The molecule has 1 atom stereocenters. The van der Waals surface area contributed by atoms with Crippen molar-refractivity contribution in [2.24, 2.45) is 0 Å². The van der Waals surface area contributed by atoms with Crippen molar-refractivity contribution >= 4 is 22.5 Å². The maximum atomic E-state index is 13.0. The quantitative estimate of drug-likeness (QED) is 0.656. The monoisotopic (exact) mass is 400 g/mol. The lowest BCUT2D eigenvalue weighted by molar-refractivity contribution is -0.124. The number of likely N-dealkylation sites (N-methyl/N-ethyl adjacent to an activating group) is 1. The van der Waals surface area contributed by atoms with E-state index in [1.807, 2.05) is 17.4 Å². The fraction of sp³-hybridized carbons (Fsp3) is 0.550. The highest BCUT2D eigenvalue weighted by molar-refractivity contribution is 5.83. The number of aromatic nitrogens is 3. The van der Waals surface area contributed by atoms with Crippen molar-refractivity contribution in [3.05, 3.63) is 34.6 Å². The Balaban J connectivity index is 1.50. The lowest BCUT2D eigenvalue weighted by Gasteiger charge is -2.32. The molecule has 0 aliphatic carbocycles. The maximum absolute atomic E-state index is 13.0. The number of carbonyl (C=O) groups excluding carboxylic acids is 1. The standard InChI is InChI=1S/C20H28N6O3/c1-4-18-22-26(20(28)16-13-17-15(25(16)18)5-12-29-17)14(2)19(27)21-6-7-24-10-8-23(3)9-11-24/h5,12-14H,4,6-11H2,1-3H3,(H,21,27)/t14-/m0/s1. The molecule has 1 saturated heterocycles. The Morgan fingerprint density at radius 3 is 2.76 bits per heavy atom. The molecule has 0 radical (unpaired) electrons. The number of rotatable bonds is 6. The number of nitrogens with one attached hydrogen (secondary N) is 1. The average molecular weight is 400 g/mol. The van der Waals surface area contributed by atoms with Crippen LogP contribution in [0.3, 0.4) is 0 Å². The summed E-state index contributed by atoms with van der Waals surface area (Å²) < 4.78 is 8.54. The fourth-order valence-corrected chi connectivity index (χ4v) is 3.85. The first-order chi connectivity index (χ1) is 14.0. The smallest absolute Gasteiger partial charge is 0.291 e. The van der Waals surface area contributed by atoms with Gasteiger partial charge in [0.25, 0.3) is 5.56 Å². The van der Waals surface area contributed by atoms with Crippen LogP contribution in [0.5, 0.6) is 0 Å². The number of nitrogens with zero attached hydrogens (tertiary/aromatic N) is 5. The number of piperazine rings is 1. The van der Waals surface area contributed by atoms with Gasteiger partial charge in [0.15, 0.2) is 5.58 Å². The molecule has 0 aromatic carbocycles. The van der Waals surface area contributed by atoms with Crippen molar-refractivity contribution in [2.45, 2.75) is 26.3 Å². The molecule has 156 valence electrons. The summed E-state index contributed by atoms with van der Waals surface area (Å²) in [4.78, 5) is 30.3. The third-order valence-electron chi connectivity index (χ3n) is 5.72. The van der Waals surface area contributed by atoms with E-state index in [9.17, 15) is 9.59 Å². The summed E-state index contributed by atoms with van der Waals surface area (Å²) in [5.74, 6) is 0.517. The number of furan rings is 1. The highest BCUT2D eigenvalue weighted by Gasteiger charge is 2.22. The lowest BCUT2D eigenvalue weighted by Crippen LogP contribution is -2.47. The van der Waals surface area contributed by atoms with Gasteiger partial charge in [0, 0.05) is 57.8 Å². The van der Waals surface area contributed by atoms with Crippen molar-refractivity contribution in [1.82, 2.24) is 29.3 Å². The first-order valence-electron chi connectivity index (χ1n) is 10.2. The lowest BCUT2D eigenvalue weighted by atomic mass is 10.3. The van der Waals surface area contributed by atoms with E-state index in [1.54, 1.807) is 19.3 Å². The van der Waals surface area contributed by atoms with E-state index in [4.69, 9.17) is 4.42 Å². The maximum Gasteiger partial charge on any atom is 0.291 e. The first-order valence-corrected chi connectivity index (χ1v) is 10.2. The zero-order valence-corrected chi connectivity index (χ0v) is 17.2. The molecule has 0 unspecified atom stereocenters. The Morgan fingerprint density at radius 2 is 2.03 bits per heavy atom. The predicted molar refractivity (Wildman–Crippen MR) is 110 cm³/mol. The van der Waals surface area contributed by atoms with E-state index in [0.717, 1.165) is 38.2 Å². The molecule has 3 aromatic heterocycles. The van der Waals surface area contributed by atoms with Crippen LogP contribution in [0.25, 0.3) is 16.6 Å². The second-order valence-corrected chi connectivity index (χ2v) is 7.67. The molecule has 29 heavy (non-hydrogen) atoms. The second kappa shape index (κ2) is 8.00. The van der Waals surface area contributed by atoms with Gasteiger partial charge in [-0.05, 0) is 14.0 Å². The van der Waals surface area contributed by atoms with E-state index in [1.165, 1.54) is 4.68 Å². The number of hydrogen-bond acceptors (Lipinski definition) is 6. The molecular weight excluding hydrogens is 372 g/mol. The van der Waals surface area contributed by atoms with Crippen LogP contribution >= 0.6 is 0 Å². The van der Waals surface area contributed by atoms with Gasteiger partial charge in [-0.25, -0.2) is 4.68 Å². The third-order valence-corrected chi connectivity index (χ3v) is 5.72. The number of aryl methyl sites for hydroxylation is 1. The summed E-state index contributed by atoms with van der Waals surface area (Å²) in [6.07, 6.45) is 2.22. The molecule has 0 spiro atoms. The summed E-state index contributed by atoms with van der Waals surface area (Å²) in [5.41, 5.74) is 1.64. The number of carbonyl (C=O) groups is 1. The van der Waals surface area contributed by atoms with Crippen LogP contribution in [-0.2, 0) is 11.2 Å². The molecule has 9 nitrogen and oxygen atoms in total. The molecular formula is C20H28N6O3. The van der Waals surface area contributed by atoms with Gasteiger partial charge in [0.2, 0.25) is 5.91 Å². The molecule has 0 saturated carbocycles. The van der Waals surface area contributed by atoms with Gasteiger partial charge >= 0.3 is 0 Å². The van der Waals surface area contributed by atoms with Gasteiger partial charge < -0.3 is 14.6 Å². The SMILES string of the molecule is CCc1nn([C@@H](C)C(=O)NCCN2CCN(C)CC2)c(=O)c2cc3occc3n12. The Labute approximate surface area is 168 Å². The summed E-state index contributed by atoms with van der Waals surface area (Å²) in [6, 6.07) is 2.85. The van der Waals surface area contributed by atoms with Crippen molar-refractivity contribution in [2.75, 3.05) is 46.3 Å². The molecule has 4 heterocycles. The van der Waals surface area contributed by atoms with Gasteiger partial charge in [-0.3, -0.25) is 18.9 Å². The average Bonchev–Trinajstić information content (AvgIpc) is 3.31. The van der Waals surface area contributed by atoms with Gasteiger partial charge in [-0.1, -0.05) is 6.92 Å². The zero-order valence-electron chi connectivity index (χ0n) is 17.2. The van der Waals surface area contributed by atoms with E-state index in [0.29, 0.717) is 29.9 Å². The highest BCUT2D eigenvalue weighted by atomic mass is 16.3. The van der Waals surface area contributed by atoms with Crippen molar-refractivity contribution in [3.63, 3.8) is 0 Å². The normalized spacial score (nSPS) is 17.2. The summed E-state index contributed by atoms with van der Waals surface area (Å²) in [5, 5.41) is 7.45. The molecule has 4 rings (SSSR count). The van der Waals surface area contributed by atoms with E-state index in [2.05, 4.69) is 27.3 Å². The number of hydrogen-bond donors (Lipinski definition) is 1. The van der Waals surface area contributed by atoms with E-state index >= 15 is 0 Å². The number of fused-ring (bicyclic) bond motifs is 3. The van der Waals surface area contributed by atoms with Crippen LogP contribution in [0, 0.1) is 0 Å². The molecule has 1 fully saturated rings. The fourth-order valence-electron chi connectivity index (χ4n) is 3.85. The van der Waals surface area contributed by atoms with Crippen LogP contribution in [-0.4, -0.2) is 76.2 Å². The van der Waals surface area contributed by atoms with Crippen molar-refractivity contribution in [1.29, 1.82) is 0 Å². The molecule has 9 heteroatoms. The Bertz CT molecular complexity index is 1070. The zero-order chi connectivity index (χ0) is 20.5. The molecule has 1 aliphatic heterocycles. The highest BCUT2D eigenvalue weighted by Crippen LogP contribution is 2.21. The predicted octanol–water partition coefficient (Wildman–Crippen LogP) is 0.729. The molecule has 1 N–H and O–H groups in total.